The maximum absolute atomic E-state index is 13.1. The topological polar surface area (TPSA) is 90.9 Å². The van der Waals surface area contributed by atoms with Crippen molar-refractivity contribution in [2.24, 2.45) is 0 Å². The van der Waals surface area contributed by atoms with Crippen molar-refractivity contribution in [3.63, 3.8) is 0 Å². The number of hydrogen-bond donors (Lipinski definition) is 0. The minimum Gasteiger partial charge on any atom is -0.497 e. The molecule has 26 heavy (non-hydrogen) atoms. The maximum atomic E-state index is 13.1. The number of sulfonamides is 1. The Morgan fingerprint density at radius 3 is 2.73 bits per heavy atom. The Hall–Kier alpha value is -2.39. The van der Waals surface area contributed by atoms with Gasteiger partial charge >= 0.3 is 0 Å². The van der Waals surface area contributed by atoms with E-state index >= 15 is 0 Å². The Labute approximate surface area is 152 Å². The first-order chi connectivity index (χ1) is 12.5. The second kappa shape index (κ2) is 7.88. The predicted octanol–water partition coefficient (Wildman–Crippen LogP) is 1.73. The normalized spacial score (nSPS) is 18.3. The van der Waals surface area contributed by atoms with Gasteiger partial charge in [-0.1, -0.05) is 0 Å². The van der Waals surface area contributed by atoms with Gasteiger partial charge < -0.3 is 14.2 Å². The summed E-state index contributed by atoms with van der Waals surface area (Å²) in [6.07, 6.45) is 2.73. The number of aromatic nitrogens is 2. The average Bonchev–Trinajstić information content (AvgIpc) is 2.68. The van der Waals surface area contributed by atoms with Crippen LogP contribution in [0.25, 0.3) is 0 Å². The van der Waals surface area contributed by atoms with Crippen molar-refractivity contribution >= 4 is 10.0 Å². The molecule has 0 spiro atoms. The largest absolute Gasteiger partial charge is 0.497 e. The maximum Gasteiger partial charge on any atom is 0.246 e. The fourth-order valence-corrected chi connectivity index (χ4v) is 4.51. The second-order valence-electron chi connectivity index (χ2n) is 5.82. The third kappa shape index (κ3) is 3.88. The summed E-state index contributed by atoms with van der Waals surface area (Å²) in [6.45, 7) is 0.673. The number of rotatable bonds is 6. The predicted molar refractivity (Wildman–Crippen MR) is 94.0 cm³/mol. The van der Waals surface area contributed by atoms with Crippen LogP contribution in [0.15, 0.2) is 41.4 Å². The lowest BCUT2D eigenvalue weighted by Crippen LogP contribution is -2.44. The van der Waals surface area contributed by atoms with Crippen LogP contribution in [0.4, 0.5) is 0 Å². The SMILES string of the molecule is COc1ccc(S(=O)(=O)N2CCCC(Oc3cccnn3)C2)c(OC)c1. The van der Waals surface area contributed by atoms with Crippen LogP contribution in [-0.2, 0) is 10.0 Å². The molecule has 3 rings (SSSR count). The highest BCUT2D eigenvalue weighted by Gasteiger charge is 2.33. The number of hydrogen-bond acceptors (Lipinski definition) is 7. The Morgan fingerprint density at radius 2 is 2.04 bits per heavy atom. The van der Waals surface area contributed by atoms with Gasteiger partial charge in [0.1, 0.15) is 22.5 Å². The van der Waals surface area contributed by atoms with Gasteiger partial charge in [0.05, 0.1) is 20.8 Å². The van der Waals surface area contributed by atoms with Crippen LogP contribution >= 0.6 is 0 Å². The molecule has 9 heteroatoms. The van der Waals surface area contributed by atoms with E-state index < -0.39 is 10.0 Å². The van der Waals surface area contributed by atoms with Gasteiger partial charge in [0.15, 0.2) is 0 Å². The van der Waals surface area contributed by atoms with Crippen LogP contribution in [0.5, 0.6) is 17.4 Å². The summed E-state index contributed by atoms with van der Waals surface area (Å²) in [7, 11) is -0.768. The molecule has 0 saturated carbocycles. The Kier molecular flexibility index (Phi) is 5.58. The first-order valence-electron chi connectivity index (χ1n) is 8.21. The van der Waals surface area contributed by atoms with E-state index in [0.717, 1.165) is 6.42 Å². The quantitative estimate of drug-likeness (QED) is 0.755. The van der Waals surface area contributed by atoms with E-state index in [1.54, 1.807) is 30.5 Å². The lowest BCUT2D eigenvalue weighted by molar-refractivity contribution is 0.123. The first-order valence-corrected chi connectivity index (χ1v) is 9.65. The second-order valence-corrected chi connectivity index (χ2v) is 7.73. The molecule has 0 N–H and O–H groups in total. The van der Waals surface area contributed by atoms with Gasteiger partial charge in [-0.15, -0.1) is 5.10 Å². The molecule has 1 atom stereocenters. The fourth-order valence-electron chi connectivity index (χ4n) is 2.87. The zero-order chi connectivity index (χ0) is 18.6. The lowest BCUT2D eigenvalue weighted by Gasteiger charge is -2.32. The molecule has 1 aromatic carbocycles. The molecule has 1 saturated heterocycles. The van der Waals surface area contributed by atoms with E-state index in [0.29, 0.717) is 24.6 Å². The van der Waals surface area contributed by atoms with Crippen molar-refractivity contribution in [2.75, 3.05) is 27.3 Å². The van der Waals surface area contributed by atoms with Gasteiger partial charge in [0, 0.05) is 24.9 Å². The molecular weight excluding hydrogens is 358 g/mol. The van der Waals surface area contributed by atoms with Gasteiger partial charge in [-0.25, -0.2) is 8.42 Å². The fraction of sp³-hybridized carbons (Fsp3) is 0.412. The molecular formula is C17H21N3O5S. The zero-order valence-corrected chi connectivity index (χ0v) is 15.5. The number of methoxy groups -OCH3 is 2. The first kappa shape index (κ1) is 18.4. The molecule has 140 valence electrons. The standard InChI is InChI=1S/C17H21N3O5S/c1-23-13-7-8-16(15(11-13)24-2)26(21,22)20-10-4-5-14(12-20)25-17-6-3-9-18-19-17/h3,6-9,11,14H,4-5,10,12H2,1-2H3. The molecule has 8 nitrogen and oxygen atoms in total. The van der Waals surface area contributed by atoms with Crippen molar-refractivity contribution < 1.29 is 22.6 Å². The Bertz CT molecular complexity index is 845. The number of piperidine rings is 1. The molecule has 1 aromatic heterocycles. The van der Waals surface area contributed by atoms with Gasteiger partial charge in [-0.3, -0.25) is 0 Å². The van der Waals surface area contributed by atoms with Crippen LogP contribution in [-0.4, -0.2) is 56.3 Å². The summed E-state index contributed by atoms with van der Waals surface area (Å²) in [6, 6.07) is 8.09. The van der Waals surface area contributed by atoms with E-state index in [2.05, 4.69) is 10.2 Å². The molecule has 1 aliphatic heterocycles. The summed E-state index contributed by atoms with van der Waals surface area (Å²) in [5.74, 6) is 1.17. The number of benzene rings is 1. The zero-order valence-electron chi connectivity index (χ0n) is 14.7. The van der Waals surface area contributed by atoms with Gasteiger partial charge in [0.25, 0.3) is 0 Å². The van der Waals surface area contributed by atoms with E-state index in [4.69, 9.17) is 14.2 Å². The minimum absolute atomic E-state index is 0.112. The highest BCUT2D eigenvalue weighted by Crippen LogP contribution is 2.32. The summed E-state index contributed by atoms with van der Waals surface area (Å²) < 4.78 is 43.8. The molecule has 1 fully saturated rings. The summed E-state index contributed by atoms with van der Waals surface area (Å²) in [5, 5.41) is 7.66. The smallest absolute Gasteiger partial charge is 0.246 e. The van der Waals surface area contributed by atoms with E-state index in [1.807, 2.05) is 0 Å². The van der Waals surface area contributed by atoms with Crippen LogP contribution in [0.2, 0.25) is 0 Å². The minimum atomic E-state index is -3.72. The number of ether oxygens (including phenoxy) is 3. The highest BCUT2D eigenvalue weighted by atomic mass is 32.2. The van der Waals surface area contributed by atoms with Crippen molar-refractivity contribution in [1.82, 2.24) is 14.5 Å². The summed E-state index contributed by atoms with van der Waals surface area (Å²) >= 11 is 0. The van der Waals surface area contributed by atoms with Crippen LogP contribution in [0.1, 0.15) is 12.8 Å². The van der Waals surface area contributed by atoms with Gasteiger partial charge in [-0.2, -0.15) is 9.40 Å². The molecule has 0 bridgehead atoms. The summed E-state index contributed by atoms with van der Waals surface area (Å²) in [4.78, 5) is 0.112. The van der Waals surface area contributed by atoms with Crippen molar-refractivity contribution in [1.29, 1.82) is 0 Å². The van der Waals surface area contributed by atoms with E-state index in [9.17, 15) is 8.42 Å². The number of nitrogens with zero attached hydrogens (tertiary/aromatic N) is 3. The van der Waals surface area contributed by atoms with Gasteiger partial charge in [0.2, 0.25) is 15.9 Å². The molecule has 0 aliphatic carbocycles. The third-order valence-corrected chi connectivity index (χ3v) is 6.07. The monoisotopic (exact) mass is 379 g/mol. The van der Waals surface area contributed by atoms with Crippen molar-refractivity contribution in [2.45, 2.75) is 23.8 Å². The van der Waals surface area contributed by atoms with Gasteiger partial charge in [-0.05, 0) is 31.0 Å². The molecule has 2 aromatic rings. The van der Waals surface area contributed by atoms with Crippen LogP contribution in [0, 0.1) is 0 Å². The highest BCUT2D eigenvalue weighted by molar-refractivity contribution is 7.89. The van der Waals surface area contributed by atoms with E-state index in [-0.39, 0.29) is 23.3 Å². The van der Waals surface area contributed by atoms with Crippen LogP contribution < -0.4 is 14.2 Å². The summed E-state index contributed by atoms with van der Waals surface area (Å²) in [5.41, 5.74) is 0. The molecule has 0 radical (unpaired) electrons. The Balaban J connectivity index is 1.80. The average molecular weight is 379 g/mol. The molecule has 0 amide bonds. The van der Waals surface area contributed by atoms with E-state index in [1.165, 1.54) is 24.6 Å². The Morgan fingerprint density at radius 1 is 1.19 bits per heavy atom. The molecule has 1 unspecified atom stereocenters. The molecule has 2 heterocycles. The van der Waals surface area contributed by atoms with Crippen molar-refractivity contribution in [3.05, 3.63) is 36.5 Å². The lowest BCUT2D eigenvalue weighted by atomic mass is 10.1. The van der Waals surface area contributed by atoms with Crippen molar-refractivity contribution in [3.8, 4) is 17.4 Å². The third-order valence-electron chi connectivity index (χ3n) is 4.16. The molecule has 1 aliphatic rings. The van der Waals surface area contributed by atoms with Crippen LogP contribution in [0.3, 0.4) is 0 Å².